The molecule has 7 heteroatoms. The van der Waals surface area contributed by atoms with E-state index in [0.29, 0.717) is 16.5 Å². The Labute approximate surface area is 116 Å². The number of halogens is 1. The van der Waals surface area contributed by atoms with E-state index >= 15 is 0 Å². The maximum Gasteiger partial charge on any atom is 0.201 e. The molecule has 1 heterocycles. The van der Waals surface area contributed by atoms with E-state index in [4.69, 9.17) is 10.2 Å². The van der Waals surface area contributed by atoms with Crippen LogP contribution >= 0.6 is 28.1 Å². The Balaban J connectivity index is 2.45. The van der Waals surface area contributed by atoms with E-state index in [1.807, 2.05) is 0 Å². The normalized spacial score (nSPS) is 10.9. The number of thiocarbonyl (C=S) groups is 1. The van der Waals surface area contributed by atoms with E-state index < -0.39 is 0 Å². The molecule has 0 aliphatic heterocycles. The molecule has 92 valence electrons. The van der Waals surface area contributed by atoms with Crippen molar-refractivity contribution in [3.63, 3.8) is 0 Å². The third kappa shape index (κ3) is 2.74. The van der Waals surface area contributed by atoms with Gasteiger partial charge in [0.05, 0.1) is 17.2 Å². The predicted octanol–water partition coefficient (Wildman–Crippen LogP) is 1.72. The largest absolute Gasteiger partial charge is 0.463 e. The quantitative estimate of drug-likeness (QED) is 0.499. The summed E-state index contributed by atoms with van der Waals surface area (Å²) in [5.41, 5.74) is 8.22. The van der Waals surface area contributed by atoms with Crippen molar-refractivity contribution in [1.29, 1.82) is 0 Å². The van der Waals surface area contributed by atoms with Crippen LogP contribution in [0.25, 0.3) is 11.0 Å². The van der Waals surface area contributed by atoms with Crippen molar-refractivity contribution in [2.45, 2.75) is 0 Å². The lowest BCUT2D eigenvalue weighted by Crippen LogP contribution is -2.24. The number of nitrogens with one attached hydrogen (secondary N) is 1. The summed E-state index contributed by atoms with van der Waals surface area (Å²) in [7, 11) is 0. The van der Waals surface area contributed by atoms with Gasteiger partial charge in [-0.2, -0.15) is 5.10 Å². The SMILES string of the molecule is NC(=S)N/N=C/c1coc2cc(Br)ccc2c1=O. The van der Waals surface area contributed by atoms with Crippen LogP contribution in [0.5, 0.6) is 0 Å². The van der Waals surface area contributed by atoms with Crippen LogP contribution in [0.1, 0.15) is 5.56 Å². The van der Waals surface area contributed by atoms with Gasteiger partial charge < -0.3 is 10.2 Å². The number of hydrogen-bond acceptors (Lipinski definition) is 4. The first-order valence-corrected chi connectivity index (χ1v) is 6.07. The number of hydrogen-bond donors (Lipinski definition) is 2. The molecule has 0 saturated heterocycles. The average Bonchev–Trinajstić information content (AvgIpc) is 2.31. The van der Waals surface area contributed by atoms with Gasteiger partial charge in [0.1, 0.15) is 11.8 Å². The van der Waals surface area contributed by atoms with E-state index in [1.165, 1.54) is 12.5 Å². The fourth-order valence-electron chi connectivity index (χ4n) is 1.37. The third-order valence-electron chi connectivity index (χ3n) is 2.14. The second-order valence-electron chi connectivity index (χ2n) is 3.39. The number of fused-ring (bicyclic) bond motifs is 1. The maximum absolute atomic E-state index is 12.1. The van der Waals surface area contributed by atoms with Crippen molar-refractivity contribution in [1.82, 2.24) is 5.43 Å². The van der Waals surface area contributed by atoms with Gasteiger partial charge >= 0.3 is 0 Å². The molecule has 0 aliphatic rings. The Morgan fingerprint density at radius 2 is 2.33 bits per heavy atom. The van der Waals surface area contributed by atoms with Gasteiger partial charge in [0.2, 0.25) is 5.43 Å². The highest BCUT2D eigenvalue weighted by molar-refractivity contribution is 9.10. The third-order valence-corrected chi connectivity index (χ3v) is 2.73. The fourth-order valence-corrected chi connectivity index (χ4v) is 1.76. The minimum absolute atomic E-state index is 0.0281. The first kappa shape index (κ1) is 12.7. The Bertz CT molecular complexity index is 696. The highest BCUT2D eigenvalue weighted by Crippen LogP contribution is 2.17. The molecule has 18 heavy (non-hydrogen) atoms. The summed E-state index contributed by atoms with van der Waals surface area (Å²) in [6.45, 7) is 0. The van der Waals surface area contributed by atoms with Gasteiger partial charge in [0.25, 0.3) is 0 Å². The summed E-state index contributed by atoms with van der Waals surface area (Å²) in [5.74, 6) is 0. The molecule has 1 aromatic carbocycles. The number of nitrogens with two attached hydrogens (primary N) is 1. The van der Waals surface area contributed by atoms with Crippen LogP contribution in [0.2, 0.25) is 0 Å². The standard InChI is InChI=1S/C11H8BrN3O2S/c12-7-1-2-8-9(3-7)17-5-6(10(8)16)4-14-15-11(13)18/h1-5H,(H3,13,15,18)/b14-4+. The monoisotopic (exact) mass is 325 g/mol. The molecular weight excluding hydrogens is 318 g/mol. The van der Waals surface area contributed by atoms with Gasteiger partial charge in [-0.25, -0.2) is 0 Å². The highest BCUT2D eigenvalue weighted by atomic mass is 79.9. The Morgan fingerprint density at radius 3 is 3.06 bits per heavy atom. The lowest BCUT2D eigenvalue weighted by molar-refractivity contribution is 0.601. The summed E-state index contributed by atoms with van der Waals surface area (Å²) in [6.07, 6.45) is 2.65. The van der Waals surface area contributed by atoms with E-state index in [9.17, 15) is 4.79 Å². The Morgan fingerprint density at radius 1 is 1.56 bits per heavy atom. The van der Waals surface area contributed by atoms with E-state index in [-0.39, 0.29) is 10.5 Å². The molecule has 0 amide bonds. The molecule has 0 fully saturated rings. The first-order chi connectivity index (χ1) is 8.58. The minimum atomic E-state index is -0.169. The molecule has 0 saturated carbocycles. The summed E-state index contributed by atoms with van der Waals surface area (Å²) in [5, 5.41) is 4.23. The molecule has 3 N–H and O–H groups in total. The van der Waals surface area contributed by atoms with Crippen LogP contribution in [-0.4, -0.2) is 11.3 Å². The molecule has 0 radical (unpaired) electrons. The zero-order chi connectivity index (χ0) is 13.1. The number of benzene rings is 1. The Hall–Kier alpha value is -1.73. The van der Waals surface area contributed by atoms with Gasteiger partial charge in [-0.15, -0.1) is 0 Å². The van der Waals surface area contributed by atoms with Crippen LogP contribution in [0.4, 0.5) is 0 Å². The summed E-state index contributed by atoms with van der Waals surface area (Å²) in [4.78, 5) is 12.1. The van der Waals surface area contributed by atoms with E-state index in [0.717, 1.165) is 4.47 Å². The van der Waals surface area contributed by atoms with Crippen molar-refractivity contribution >= 4 is 50.4 Å². The molecule has 0 atom stereocenters. The zero-order valence-electron chi connectivity index (χ0n) is 9.01. The summed E-state index contributed by atoms with van der Waals surface area (Å²) in [6, 6.07) is 5.18. The van der Waals surface area contributed by atoms with Crippen molar-refractivity contribution in [3.05, 3.63) is 44.7 Å². The molecule has 0 aliphatic carbocycles. The van der Waals surface area contributed by atoms with Crippen molar-refractivity contribution < 1.29 is 4.42 Å². The van der Waals surface area contributed by atoms with Crippen molar-refractivity contribution in [2.75, 3.05) is 0 Å². The molecule has 0 bridgehead atoms. The van der Waals surface area contributed by atoms with Gasteiger partial charge in [-0.3, -0.25) is 10.2 Å². The number of rotatable bonds is 2. The topological polar surface area (TPSA) is 80.6 Å². The molecule has 2 aromatic rings. The second kappa shape index (κ2) is 5.28. The molecule has 2 rings (SSSR count). The van der Waals surface area contributed by atoms with Crippen LogP contribution in [0.15, 0.2) is 43.2 Å². The highest BCUT2D eigenvalue weighted by Gasteiger charge is 2.05. The van der Waals surface area contributed by atoms with Crippen molar-refractivity contribution in [3.8, 4) is 0 Å². The lowest BCUT2D eigenvalue weighted by Gasteiger charge is -1.99. The molecule has 0 unspecified atom stereocenters. The smallest absolute Gasteiger partial charge is 0.201 e. The maximum atomic E-state index is 12.1. The summed E-state index contributed by atoms with van der Waals surface area (Å²) >= 11 is 7.89. The van der Waals surface area contributed by atoms with Crippen molar-refractivity contribution in [2.24, 2.45) is 10.8 Å². The molecular formula is C11H8BrN3O2S. The molecule has 1 aromatic heterocycles. The van der Waals surface area contributed by atoms with Gasteiger partial charge in [0, 0.05) is 4.47 Å². The fraction of sp³-hybridized carbons (Fsp3) is 0. The molecule has 0 spiro atoms. The molecule has 5 nitrogen and oxygen atoms in total. The van der Waals surface area contributed by atoms with Gasteiger partial charge in [0.15, 0.2) is 5.11 Å². The van der Waals surface area contributed by atoms with Crippen LogP contribution in [-0.2, 0) is 0 Å². The van der Waals surface area contributed by atoms with Crippen LogP contribution < -0.4 is 16.6 Å². The Kier molecular flexibility index (Phi) is 3.73. The van der Waals surface area contributed by atoms with Crippen LogP contribution in [0.3, 0.4) is 0 Å². The first-order valence-electron chi connectivity index (χ1n) is 4.87. The number of nitrogens with zero attached hydrogens (tertiary/aromatic N) is 1. The number of hydrazone groups is 1. The van der Waals surface area contributed by atoms with Crippen LogP contribution in [0, 0.1) is 0 Å². The van der Waals surface area contributed by atoms with E-state index in [2.05, 4.69) is 38.7 Å². The minimum Gasteiger partial charge on any atom is -0.463 e. The second-order valence-corrected chi connectivity index (χ2v) is 4.75. The summed E-state index contributed by atoms with van der Waals surface area (Å²) < 4.78 is 6.19. The lowest BCUT2D eigenvalue weighted by atomic mass is 10.2. The predicted molar refractivity (Wildman–Crippen MR) is 77.7 cm³/mol. The zero-order valence-corrected chi connectivity index (χ0v) is 11.4. The van der Waals surface area contributed by atoms with E-state index in [1.54, 1.807) is 18.2 Å². The van der Waals surface area contributed by atoms with Gasteiger partial charge in [-0.1, -0.05) is 15.9 Å². The average molecular weight is 326 g/mol. The van der Waals surface area contributed by atoms with Gasteiger partial charge in [-0.05, 0) is 30.4 Å².